The molecule has 2 aromatic heterocycles. The maximum absolute atomic E-state index is 7.15. The zero-order valence-electron chi connectivity index (χ0n) is 37.1. The van der Waals surface area contributed by atoms with Crippen molar-refractivity contribution in [3.8, 4) is 28.3 Å². The van der Waals surface area contributed by atoms with Crippen molar-refractivity contribution in [1.29, 1.82) is 0 Å². The van der Waals surface area contributed by atoms with Crippen LogP contribution >= 0.6 is 0 Å². The highest BCUT2D eigenvalue weighted by molar-refractivity contribution is 6.26. The van der Waals surface area contributed by atoms with Gasteiger partial charge < -0.3 is 18.6 Å². The number of furan rings is 1. The summed E-state index contributed by atoms with van der Waals surface area (Å²) in [6, 6.07) is 71.5. The second kappa shape index (κ2) is 13.4. The van der Waals surface area contributed by atoms with Crippen LogP contribution in [0.1, 0.15) is 37.8 Å². The molecule has 1 aliphatic heterocycles. The molecule has 3 heterocycles. The summed E-state index contributed by atoms with van der Waals surface area (Å²) in [7, 11) is 0. The highest BCUT2D eigenvalue weighted by Crippen LogP contribution is 2.60. The van der Waals surface area contributed by atoms with Crippen LogP contribution in [0.4, 0.5) is 17.1 Å². The van der Waals surface area contributed by atoms with Gasteiger partial charge in [-0.05, 0) is 151 Å². The quantitative estimate of drug-likeness (QED) is 0.165. The summed E-state index contributed by atoms with van der Waals surface area (Å²) in [5, 5.41) is 14.8. The minimum absolute atomic E-state index is 0.192. The van der Waals surface area contributed by atoms with Gasteiger partial charge >= 0.3 is 0 Å². The van der Waals surface area contributed by atoms with Crippen molar-refractivity contribution in [2.75, 3.05) is 4.90 Å². The van der Waals surface area contributed by atoms with Crippen LogP contribution in [0, 0.1) is 0 Å². The van der Waals surface area contributed by atoms with Gasteiger partial charge in [0.05, 0.1) is 22.4 Å². The van der Waals surface area contributed by atoms with Crippen molar-refractivity contribution in [3.05, 3.63) is 205 Å². The smallest absolute Gasteiger partial charge is 0.152 e. The molecule has 316 valence electrons. The van der Waals surface area contributed by atoms with Gasteiger partial charge in [-0.15, -0.1) is 0 Å². The molecule has 0 amide bonds. The van der Waals surface area contributed by atoms with Crippen LogP contribution in [-0.2, 0) is 5.41 Å². The molecular weight excluding hydrogens is 817 g/mol. The second-order valence-corrected chi connectivity index (χ2v) is 18.6. The molecule has 4 nitrogen and oxygen atoms in total. The molecule has 4 heteroatoms. The normalized spacial score (nSPS) is 13.9. The maximum Gasteiger partial charge on any atom is 0.152 e. The zero-order chi connectivity index (χ0) is 44.1. The van der Waals surface area contributed by atoms with Crippen LogP contribution in [0.2, 0.25) is 0 Å². The van der Waals surface area contributed by atoms with Gasteiger partial charge in [0.2, 0.25) is 0 Å². The monoisotopic (exact) mass is 858 g/mol. The van der Waals surface area contributed by atoms with E-state index in [1.165, 1.54) is 70.7 Å². The van der Waals surface area contributed by atoms with Crippen LogP contribution in [0.3, 0.4) is 0 Å². The third-order valence-electron chi connectivity index (χ3n) is 15.6. The molecule has 1 aliphatic carbocycles. The number of hydrogen-bond acceptors (Lipinski definition) is 3. The fourth-order valence-electron chi connectivity index (χ4n) is 12.4. The second-order valence-electron chi connectivity index (χ2n) is 18.6. The van der Waals surface area contributed by atoms with Gasteiger partial charge in [-0.1, -0.05) is 129 Å². The Hall–Kier alpha value is -8.34. The number of para-hydroxylation sites is 2. The fourth-order valence-corrected chi connectivity index (χ4v) is 12.4. The molecule has 0 atom stereocenters. The van der Waals surface area contributed by atoms with Crippen molar-refractivity contribution < 1.29 is 9.15 Å². The predicted molar refractivity (Wildman–Crippen MR) is 280 cm³/mol. The first-order valence-electron chi connectivity index (χ1n) is 23.6. The summed E-state index contributed by atoms with van der Waals surface area (Å²) < 4.78 is 16.1. The minimum atomic E-state index is -0.192. The number of anilines is 3. The van der Waals surface area contributed by atoms with E-state index in [4.69, 9.17) is 9.15 Å². The third-order valence-corrected chi connectivity index (χ3v) is 15.6. The summed E-state index contributed by atoms with van der Waals surface area (Å²) in [6.07, 6.45) is 1.95. The van der Waals surface area contributed by atoms with Gasteiger partial charge in [0.1, 0.15) is 11.2 Å². The number of rotatable bonds is 4. The first-order valence-corrected chi connectivity index (χ1v) is 23.6. The molecule has 15 rings (SSSR count). The average Bonchev–Trinajstić information content (AvgIpc) is 4.00. The Labute approximate surface area is 386 Å². The number of ether oxygens (including phenoxy) is 1. The van der Waals surface area contributed by atoms with E-state index in [-0.39, 0.29) is 5.41 Å². The van der Waals surface area contributed by atoms with E-state index < -0.39 is 0 Å². The summed E-state index contributed by atoms with van der Waals surface area (Å²) in [5.41, 5.74) is 13.4. The molecule has 2 aliphatic rings. The minimum Gasteiger partial charge on any atom is -0.456 e. The summed E-state index contributed by atoms with van der Waals surface area (Å²) >= 11 is 0. The first kappa shape index (κ1) is 36.9. The van der Waals surface area contributed by atoms with Crippen molar-refractivity contribution >= 4 is 104 Å². The van der Waals surface area contributed by atoms with Crippen LogP contribution < -0.4 is 9.64 Å². The Kier molecular flexibility index (Phi) is 7.37. The third kappa shape index (κ3) is 4.91. The molecule has 0 N–H and O–H groups in total. The van der Waals surface area contributed by atoms with E-state index in [9.17, 15) is 0 Å². The summed E-state index contributed by atoms with van der Waals surface area (Å²) in [4.78, 5) is 2.45. The summed E-state index contributed by atoms with van der Waals surface area (Å²) in [6.45, 7) is 4.74. The van der Waals surface area contributed by atoms with Gasteiger partial charge in [0.25, 0.3) is 0 Å². The van der Waals surface area contributed by atoms with Crippen molar-refractivity contribution in [1.82, 2.24) is 4.57 Å². The van der Waals surface area contributed by atoms with E-state index in [2.05, 4.69) is 211 Å². The standard InChI is InChI=1S/C63H42N2O2/c1-3-63(4-2)53-33-48-44-23-10-8-21-42(44)41-20-7-9-22-43(41)47(48)31-49(53)50-34-62-58(35-54(50)63)65(57-28-37-16-5-6-17-38(37)29-61(57)67-62)40-19-15-18-39(30-40)64-55-26-13-11-24-45(55)51-32-52-46-25-12-14-27-59(46)66-60(52)36-56(51)64/h5-36H,3-4H2,1-2H3. The zero-order valence-corrected chi connectivity index (χ0v) is 37.1. The number of hydrogen-bond donors (Lipinski definition) is 0. The van der Waals surface area contributed by atoms with E-state index in [1.54, 1.807) is 0 Å². The fraction of sp³-hybridized carbons (Fsp3) is 0.0794. The van der Waals surface area contributed by atoms with Crippen LogP contribution in [0.25, 0.3) is 104 Å². The molecule has 0 spiro atoms. The number of aromatic nitrogens is 1. The van der Waals surface area contributed by atoms with Crippen molar-refractivity contribution in [2.45, 2.75) is 32.1 Å². The maximum atomic E-state index is 7.15. The molecule has 0 unspecified atom stereocenters. The molecule has 0 saturated heterocycles. The van der Waals surface area contributed by atoms with Gasteiger partial charge in [0, 0.05) is 44.4 Å². The molecule has 11 aromatic carbocycles. The largest absolute Gasteiger partial charge is 0.456 e. The lowest BCUT2D eigenvalue weighted by Gasteiger charge is -2.36. The lowest BCUT2D eigenvalue weighted by molar-refractivity contribution is 0.473. The lowest BCUT2D eigenvalue weighted by Crippen LogP contribution is -2.24. The van der Waals surface area contributed by atoms with Gasteiger partial charge in [0.15, 0.2) is 11.5 Å². The van der Waals surface area contributed by atoms with Gasteiger partial charge in [-0.2, -0.15) is 0 Å². The molecule has 0 fully saturated rings. The molecule has 0 radical (unpaired) electrons. The average molecular weight is 859 g/mol. The Morgan fingerprint density at radius 1 is 0.388 bits per heavy atom. The summed E-state index contributed by atoms with van der Waals surface area (Å²) in [5.74, 6) is 1.70. The number of nitrogens with zero attached hydrogens (tertiary/aromatic N) is 2. The van der Waals surface area contributed by atoms with Crippen LogP contribution in [-0.4, -0.2) is 4.57 Å². The SMILES string of the molecule is CCC1(CC)c2cc3c(cc2-c2cc4c5ccccc5c5ccccc5c4cc21)Oc1cc2ccccc2cc1N3c1cccc(-n2c3ccccc3c3cc4c(cc32)oc2ccccc24)c1. The van der Waals surface area contributed by atoms with Crippen LogP contribution in [0.5, 0.6) is 11.5 Å². The highest BCUT2D eigenvalue weighted by atomic mass is 16.5. The Morgan fingerprint density at radius 3 is 1.73 bits per heavy atom. The van der Waals surface area contributed by atoms with E-state index in [0.717, 1.165) is 85.4 Å². The Bertz CT molecular complexity index is 4300. The number of benzene rings is 11. The van der Waals surface area contributed by atoms with E-state index in [0.29, 0.717) is 0 Å². The van der Waals surface area contributed by atoms with Crippen LogP contribution in [0.15, 0.2) is 199 Å². The van der Waals surface area contributed by atoms with Crippen molar-refractivity contribution in [2.24, 2.45) is 0 Å². The molecule has 67 heavy (non-hydrogen) atoms. The Balaban J connectivity index is 0.976. The topological polar surface area (TPSA) is 30.5 Å². The van der Waals surface area contributed by atoms with Gasteiger partial charge in [-0.3, -0.25) is 0 Å². The lowest BCUT2D eigenvalue weighted by atomic mass is 9.73. The first-order chi connectivity index (χ1) is 33.1. The molecule has 13 aromatic rings. The Morgan fingerprint density at radius 2 is 0.970 bits per heavy atom. The number of fused-ring (bicyclic) bond motifs is 18. The van der Waals surface area contributed by atoms with Crippen molar-refractivity contribution in [3.63, 3.8) is 0 Å². The molecular formula is C63H42N2O2. The highest BCUT2D eigenvalue weighted by Gasteiger charge is 2.43. The predicted octanol–water partition coefficient (Wildman–Crippen LogP) is 18.0. The van der Waals surface area contributed by atoms with E-state index >= 15 is 0 Å². The molecule has 0 bridgehead atoms. The molecule has 0 saturated carbocycles. The van der Waals surface area contributed by atoms with Gasteiger partial charge in [-0.25, -0.2) is 0 Å². The van der Waals surface area contributed by atoms with E-state index in [1.807, 2.05) is 6.07 Å².